The van der Waals surface area contributed by atoms with Gasteiger partial charge in [0.05, 0.1) is 0 Å². The maximum atomic E-state index is 13.3. The van der Waals surface area contributed by atoms with Crippen LogP contribution in [0.3, 0.4) is 0 Å². The Morgan fingerprint density at radius 2 is 1.80 bits per heavy atom. The van der Waals surface area contributed by atoms with Crippen molar-refractivity contribution in [2.24, 2.45) is 0 Å². The summed E-state index contributed by atoms with van der Waals surface area (Å²) in [5, 5.41) is 10.4. The minimum atomic E-state index is -0.934. The summed E-state index contributed by atoms with van der Waals surface area (Å²) >= 11 is 3.32. The number of hydrogen-bond acceptors (Lipinski definition) is 3. The Bertz CT molecular complexity index is 645. The predicted molar refractivity (Wildman–Crippen MR) is 75.6 cm³/mol. The summed E-state index contributed by atoms with van der Waals surface area (Å²) < 4.78 is 24.9. The van der Waals surface area contributed by atoms with Crippen molar-refractivity contribution in [3.63, 3.8) is 0 Å². The van der Waals surface area contributed by atoms with Crippen molar-refractivity contribution < 1.29 is 19.0 Å². The number of fused-ring (bicyclic) bond motifs is 1. The average molecular weight is 339 g/mol. The fourth-order valence-corrected chi connectivity index (χ4v) is 2.60. The summed E-state index contributed by atoms with van der Waals surface area (Å²) in [6.07, 6.45) is -0.934. The average Bonchev–Trinajstić information content (AvgIpc) is 2.48. The van der Waals surface area contributed by atoms with Crippen LogP contribution in [0.5, 0.6) is 11.5 Å². The van der Waals surface area contributed by atoms with Gasteiger partial charge in [0, 0.05) is 10.0 Å². The van der Waals surface area contributed by atoms with Crippen LogP contribution in [0.1, 0.15) is 17.2 Å². The Kier molecular flexibility index (Phi) is 3.63. The Hall–Kier alpha value is -1.59. The van der Waals surface area contributed by atoms with Gasteiger partial charge in [-0.2, -0.15) is 0 Å². The summed E-state index contributed by atoms with van der Waals surface area (Å²) in [6.45, 7) is 1.00. The molecule has 5 heteroatoms. The summed E-state index contributed by atoms with van der Waals surface area (Å²) in [5.74, 6) is 0.866. The van der Waals surface area contributed by atoms with Gasteiger partial charge in [-0.05, 0) is 35.9 Å². The number of ether oxygens (including phenoxy) is 2. The highest BCUT2D eigenvalue weighted by Gasteiger charge is 2.18. The van der Waals surface area contributed by atoms with Crippen molar-refractivity contribution in [2.75, 3.05) is 13.2 Å². The maximum absolute atomic E-state index is 13.3. The zero-order valence-electron chi connectivity index (χ0n) is 10.5. The molecule has 20 heavy (non-hydrogen) atoms. The van der Waals surface area contributed by atoms with Crippen LogP contribution in [-0.4, -0.2) is 18.3 Å². The molecule has 2 aromatic rings. The van der Waals surface area contributed by atoms with Gasteiger partial charge < -0.3 is 14.6 Å². The second-order valence-corrected chi connectivity index (χ2v) is 5.33. The van der Waals surface area contributed by atoms with Gasteiger partial charge >= 0.3 is 0 Å². The third kappa shape index (κ3) is 2.51. The van der Waals surface area contributed by atoms with Gasteiger partial charge in [0.2, 0.25) is 0 Å². The molecule has 0 bridgehead atoms. The second-order valence-electron chi connectivity index (χ2n) is 4.47. The monoisotopic (exact) mass is 338 g/mol. The molecule has 0 aromatic heterocycles. The standard InChI is InChI=1S/C15H12BrFO3/c16-12-3-2-10(17)8-11(12)15(18)9-1-4-13-14(7-9)20-6-5-19-13/h1-4,7-8,15,18H,5-6H2. The quantitative estimate of drug-likeness (QED) is 0.911. The molecule has 0 saturated heterocycles. The highest BCUT2D eigenvalue weighted by molar-refractivity contribution is 9.10. The molecule has 0 aliphatic carbocycles. The van der Waals surface area contributed by atoms with Gasteiger partial charge in [0.1, 0.15) is 25.1 Å². The Balaban J connectivity index is 1.97. The molecular weight excluding hydrogens is 327 g/mol. The Morgan fingerprint density at radius 3 is 2.60 bits per heavy atom. The van der Waals surface area contributed by atoms with Crippen molar-refractivity contribution in [3.8, 4) is 11.5 Å². The van der Waals surface area contributed by atoms with Gasteiger partial charge in [0.25, 0.3) is 0 Å². The van der Waals surface area contributed by atoms with E-state index in [1.165, 1.54) is 12.1 Å². The lowest BCUT2D eigenvalue weighted by Crippen LogP contribution is -2.15. The van der Waals surface area contributed by atoms with Crippen molar-refractivity contribution in [1.82, 2.24) is 0 Å². The third-order valence-electron chi connectivity index (χ3n) is 3.13. The fraction of sp³-hybridized carbons (Fsp3) is 0.200. The smallest absolute Gasteiger partial charge is 0.161 e. The largest absolute Gasteiger partial charge is 0.486 e. The van der Waals surface area contributed by atoms with Crippen LogP contribution in [0, 0.1) is 5.82 Å². The molecule has 3 nitrogen and oxygen atoms in total. The summed E-state index contributed by atoms with van der Waals surface area (Å²) in [4.78, 5) is 0. The first kappa shape index (κ1) is 13.4. The molecule has 1 N–H and O–H groups in total. The molecule has 1 heterocycles. The van der Waals surface area contributed by atoms with E-state index in [1.807, 2.05) is 0 Å². The van der Waals surface area contributed by atoms with E-state index in [1.54, 1.807) is 24.3 Å². The minimum Gasteiger partial charge on any atom is -0.486 e. The zero-order valence-corrected chi connectivity index (χ0v) is 12.1. The van der Waals surface area contributed by atoms with Crippen molar-refractivity contribution in [2.45, 2.75) is 6.10 Å². The van der Waals surface area contributed by atoms with Gasteiger partial charge in [-0.1, -0.05) is 22.0 Å². The lowest BCUT2D eigenvalue weighted by molar-refractivity contribution is 0.169. The van der Waals surface area contributed by atoms with Crippen molar-refractivity contribution in [1.29, 1.82) is 0 Å². The Morgan fingerprint density at radius 1 is 1.05 bits per heavy atom. The number of aliphatic hydroxyl groups excluding tert-OH is 1. The SMILES string of the molecule is OC(c1ccc2c(c1)OCCO2)c1cc(F)ccc1Br. The number of halogens is 2. The van der Waals surface area contributed by atoms with E-state index in [2.05, 4.69) is 15.9 Å². The van der Waals surface area contributed by atoms with E-state index in [4.69, 9.17) is 9.47 Å². The number of aliphatic hydroxyl groups is 1. The molecule has 3 rings (SSSR count). The van der Waals surface area contributed by atoms with Crippen molar-refractivity contribution >= 4 is 15.9 Å². The topological polar surface area (TPSA) is 38.7 Å². The molecule has 0 fully saturated rings. The van der Waals surface area contributed by atoms with Gasteiger partial charge in [-0.25, -0.2) is 4.39 Å². The van der Waals surface area contributed by atoms with Crippen LogP contribution in [-0.2, 0) is 0 Å². The van der Waals surface area contributed by atoms with Crippen LogP contribution in [0.25, 0.3) is 0 Å². The summed E-state index contributed by atoms with van der Waals surface area (Å²) in [7, 11) is 0. The number of hydrogen-bond donors (Lipinski definition) is 1. The number of rotatable bonds is 2. The number of benzene rings is 2. The molecule has 1 unspecified atom stereocenters. The molecule has 2 aromatic carbocycles. The molecule has 1 aliphatic heterocycles. The van der Waals surface area contributed by atoms with Gasteiger partial charge in [0.15, 0.2) is 11.5 Å². The first-order valence-electron chi connectivity index (χ1n) is 6.18. The zero-order chi connectivity index (χ0) is 14.1. The minimum absolute atomic E-state index is 0.389. The normalized spacial score (nSPS) is 14.9. The second kappa shape index (κ2) is 5.42. The van der Waals surface area contributed by atoms with E-state index >= 15 is 0 Å². The predicted octanol–water partition coefficient (Wildman–Crippen LogP) is 3.44. The van der Waals surface area contributed by atoms with E-state index in [0.717, 1.165) is 0 Å². The molecule has 1 aliphatic rings. The summed E-state index contributed by atoms with van der Waals surface area (Å²) in [5.41, 5.74) is 1.10. The van der Waals surface area contributed by atoms with Crippen LogP contribution in [0.2, 0.25) is 0 Å². The van der Waals surface area contributed by atoms with Crippen LogP contribution in [0.4, 0.5) is 4.39 Å². The Labute approximate surface area is 124 Å². The molecule has 0 amide bonds. The van der Waals surface area contributed by atoms with E-state index in [-0.39, 0.29) is 5.82 Å². The van der Waals surface area contributed by atoms with E-state index in [0.29, 0.717) is 40.3 Å². The highest BCUT2D eigenvalue weighted by atomic mass is 79.9. The first-order chi connectivity index (χ1) is 9.65. The molecule has 0 radical (unpaired) electrons. The van der Waals surface area contributed by atoms with Crippen LogP contribution < -0.4 is 9.47 Å². The molecular formula is C15H12BrFO3. The molecule has 1 atom stereocenters. The molecule has 104 valence electrons. The van der Waals surface area contributed by atoms with E-state index in [9.17, 15) is 9.50 Å². The lowest BCUT2D eigenvalue weighted by atomic mass is 10.0. The molecule has 0 saturated carbocycles. The lowest BCUT2D eigenvalue weighted by Gasteiger charge is -2.20. The van der Waals surface area contributed by atoms with Gasteiger partial charge in [-0.15, -0.1) is 0 Å². The van der Waals surface area contributed by atoms with Crippen LogP contribution >= 0.6 is 15.9 Å². The fourth-order valence-electron chi connectivity index (χ4n) is 2.13. The molecule has 0 spiro atoms. The maximum Gasteiger partial charge on any atom is 0.161 e. The first-order valence-corrected chi connectivity index (χ1v) is 6.97. The van der Waals surface area contributed by atoms with Crippen molar-refractivity contribution in [3.05, 3.63) is 57.8 Å². The highest BCUT2D eigenvalue weighted by Crippen LogP contribution is 2.36. The van der Waals surface area contributed by atoms with Gasteiger partial charge in [-0.3, -0.25) is 0 Å². The van der Waals surface area contributed by atoms with Crippen LogP contribution in [0.15, 0.2) is 40.9 Å². The third-order valence-corrected chi connectivity index (χ3v) is 3.86. The summed E-state index contributed by atoms with van der Waals surface area (Å²) in [6, 6.07) is 9.44. The van der Waals surface area contributed by atoms with E-state index < -0.39 is 6.10 Å².